The molecule has 0 fully saturated rings. The Morgan fingerprint density at radius 1 is 1.07 bits per heavy atom. The van der Waals surface area contributed by atoms with Crippen LogP contribution in [0.4, 0.5) is 0 Å². The predicted octanol–water partition coefficient (Wildman–Crippen LogP) is 3.23. The summed E-state index contributed by atoms with van der Waals surface area (Å²) in [5, 5.41) is 2.27. The van der Waals surface area contributed by atoms with Crippen LogP contribution in [0.25, 0.3) is 0 Å². The first kappa shape index (κ1) is 10.7. The van der Waals surface area contributed by atoms with Gasteiger partial charge in [-0.25, -0.2) is 8.42 Å². The van der Waals surface area contributed by atoms with Crippen LogP contribution in [0.2, 0.25) is 5.02 Å². The minimum atomic E-state index is -3.35. The van der Waals surface area contributed by atoms with Gasteiger partial charge in [-0.2, -0.15) is 0 Å². The lowest BCUT2D eigenvalue weighted by molar-refractivity contribution is 0.598. The number of halogens is 1. The molecule has 0 saturated heterocycles. The molecular formula is C10H7ClO2S2. The number of thiophene rings is 1. The third-order valence-electron chi connectivity index (χ3n) is 1.88. The van der Waals surface area contributed by atoms with Crippen LogP contribution in [-0.2, 0) is 9.84 Å². The van der Waals surface area contributed by atoms with Crippen molar-refractivity contribution in [3.05, 3.63) is 46.8 Å². The molecule has 2 rings (SSSR count). The lowest BCUT2D eigenvalue weighted by Gasteiger charge is -2.00. The minimum Gasteiger partial charge on any atom is -0.218 e. The smallest absolute Gasteiger partial charge is 0.215 e. The average molecular weight is 259 g/mol. The molecule has 2 aromatic rings. The Morgan fingerprint density at radius 3 is 2.27 bits per heavy atom. The van der Waals surface area contributed by atoms with Gasteiger partial charge in [0.2, 0.25) is 9.84 Å². The topological polar surface area (TPSA) is 34.1 Å². The molecule has 1 heterocycles. The minimum absolute atomic E-state index is 0.273. The molecule has 15 heavy (non-hydrogen) atoms. The number of hydrogen-bond donors (Lipinski definition) is 0. The van der Waals surface area contributed by atoms with Gasteiger partial charge in [0.1, 0.15) is 4.21 Å². The van der Waals surface area contributed by atoms with E-state index in [1.807, 2.05) is 0 Å². The van der Waals surface area contributed by atoms with Gasteiger partial charge >= 0.3 is 0 Å². The van der Waals surface area contributed by atoms with Gasteiger partial charge in [-0.3, -0.25) is 0 Å². The Balaban J connectivity index is 2.52. The largest absolute Gasteiger partial charge is 0.218 e. The van der Waals surface area contributed by atoms with Crippen molar-refractivity contribution in [3.63, 3.8) is 0 Å². The Morgan fingerprint density at radius 2 is 1.73 bits per heavy atom. The van der Waals surface area contributed by atoms with Crippen LogP contribution >= 0.6 is 22.9 Å². The monoisotopic (exact) mass is 258 g/mol. The normalized spacial score (nSPS) is 11.5. The molecule has 2 nitrogen and oxygen atoms in total. The predicted molar refractivity (Wildman–Crippen MR) is 61.2 cm³/mol. The van der Waals surface area contributed by atoms with Crippen molar-refractivity contribution in [2.45, 2.75) is 9.10 Å². The summed E-state index contributed by atoms with van der Waals surface area (Å²) in [6.45, 7) is 0. The molecule has 0 aliphatic rings. The van der Waals surface area contributed by atoms with Gasteiger partial charge in [0.25, 0.3) is 0 Å². The number of rotatable bonds is 2. The van der Waals surface area contributed by atoms with Gasteiger partial charge in [0.15, 0.2) is 0 Å². The van der Waals surface area contributed by atoms with E-state index in [0.29, 0.717) is 9.23 Å². The quantitative estimate of drug-likeness (QED) is 0.829. The second-order valence-corrected chi connectivity index (χ2v) is 6.45. The summed E-state index contributed by atoms with van der Waals surface area (Å²) >= 11 is 6.90. The molecule has 0 aliphatic heterocycles. The molecule has 1 aromatic heterocycles. The summed E-state index contributed by atoms with van der Waals surface area (Å²) < 4.78 is 24.3. The van der Waals surface area contributed by atoms with Crippen LogP contribution in [0.3, 0.4) is 0 Å². The van der Waals surface area contributed by atoms with Gasteiger partial charge in [-0.15, -0.1) is 11.3 Å². The van der Waals surface area contributed by atoms with E-state index in [0.717, 1.165) is 0 Å². The maximum Gasteiger partial charge on any atom is 0.215 e. The first-order valence-electron chi connectivity index (χ1n) is 4.15. The molecule has 0 saturated carbocycles. The van der Waals surface area contributed by atoms with Crippen molar-refractivity contribution in [2.24, 2.45) is 0 Å². The molecule has 0 spiro atoms. The van der Waals surface area contributed by atoms with E-state index in [9.17, 15) is 8.42 Å². The molecule has 78 valence electrons. The van der Waals surface area contributed by atoms with Crippen molar-refractivity contribution >= 4 is 32.8 Å². The maximum absolute atomic E-state index is 12.0. The average Bonchev–Trinajstić information content (AvgIpc) is 2.71. The third-order valence-corrected chi connectivity index (χ3v) is 5.30. The number of hydrogen-bond acceptors (Lipinski definition) is 3. The summed E-state index contributed by atoms with van der Waals surface area (Å²) in [6.07, 6.45) is 0. The first-order valence-corrected chi connectivity index (χ1v) is 6.89. The van der Waals surface area contributed by atoms with Crippen molar-refractivity contribution in [1.82, 2.24) is 0 Å². The number of benzene rings is 1. The highest BCUT2D eigenvalue weighted by molar-refractivity contribution is 7.93. The summed E-state index contributed by atoms with van der Waals surface area (Å²) in [4.78, 5) is 0.273. The van der Waals surface area contributed by atoms with Gasteiger partial charge in [-0.05, 0) is 35.7 Å². The fourth-order valence-electron chi connectivity index (χ4n) is 1.15. The van der Waals surface area contributed by atoms with E-state index < -0.39 is 9.84 Å². The highest BCUT2D eigenvalue weighted by Gasteiger charge is 2.17. The van der Waals surface area contributed by atoms with Crippen LogP contribution in [-0.4, -0.2) is 8.42 Å². The molecule has 0 bridgehead atoms. The van der Waals surface area contributed by atoms with Crippen molar-refractivity contribution in [2.75, 3.05) is 0 Å². The molecule has 0 radical (unpaired) electrons. The van der Waals surface area contributed by atoms with E-state index >= 15 is 0 Å². The first-order chi connectivity index (χ1) is 7.10. The molecule has 0 N–H and O–H groups in total. The van der Waals surface area contributed by atoms with E-state index in [2.05, 4.69) is 0 Å². The second kappa shape index (κ2) is 3.96. The summed E-state index contributed by atoms with van der Waals surface area (Å²) in [5.74, 6) is 0. The fourth-order valence-corrected chi connectivity index (χ4v) is 3.67. The number of sulfone groups is 1. The molecular weight excluding hydrogens is 252 g/mol. The van der Waals surface area contributed by atoms with Crippen molar-refractivity contribution < 1.29 is 8.42 Å². The van der Waals surface area contributed by atoms with Crippen LogP contribution < -0.4 is 0 Å². The lowest BCUT2D eigenvalue weighted by atomic mass is 10.4. The van der Waals surface area contributed by atoms with Crippen LogP contribution in [0, 0.1) is 0 Å². The fraction of sp³-hybridized carbons (Fsp3) is 0. The van der Waals surface area contributed by atoms with Crippen molar-refractivity contribution in [3.8, 4) is 0 Å². The summed E-state index contributed by atoms with van der Waals surface area (Å²) in [7, 11) is -3.35. The van der Waals surface area contributed by atoms with Gasteiger partial charge < -0.3 is 0 Å². The van der Waals surface area contributed by atoms with Crippen molar-refractivity contribution in [1.29, 1.82) is 0 Å². The Labute approximate surface area is 97.1 Å². The van der Waals surface area contributed by atoms with E-state index in [1.54, 1.807) is 29.6 Å². The summed E-state index contributed by atoms with van der Waals surface area (Å²) in [6, 6.07) is 9.47. The second-order valence-electron chi connectivity index (χ2n) is 2.89. The maximum atomic E-state index is 12.0. The molecule has 5 heteroatoms. The molecule has 1 aromatic carbocycles. The Hall–Kier alpha value is -0.840. The van der Waals surface area contributed by atoms with Crippen LogP contribution in [0.1, 0.15) is 0 Å². The Bertz CT molecular complexity index is 542. The highest BCUT2D eigenvalue weighted by atomic mass is 35.5. The molecule has 0 unspecified atom stereocenters. The molecule has 0 aliphatic carbocycles. The zero-order valence-corrected chi connectivity index (χ0v) is 9.94. The zero-order chi connectivity index (χ0) is 10.9. The van der Waals surface area contributed by atoms with Crippen LogP contribution in [0.5, 0.6) is 0 Å². The van der Waals surface area contributed by atoms with Gasteiger partial charge in [-0.1, -0.05) is 17.7 Å². The third kappa shape index (κ3) is 2.07. The summed E-state index contributed by atoms with van der Waals surface area (Å²) in [5.41, 5.74) is 0. The lowest BCUT2D eigenvalue weighted by Crippen LogP contribution is -1.98. The van der Waals surface area contributed by atoms with E-state index in [4.69, 9.17) is 11.6 Å². The zero-order valence-electron chi connectivity index (χ0n) is 7.55. The molecule has 0 atom stereocenters. The van der Waals surface area contributed by atoms with E-state index in [1.165, 1.54) is 23.5 Å². The SMILES string of the molecule is O=S(=O)(c1ccc(Cl)cc1)c1cccs1. The van der Waals surface area contributed by atoms with Gasteiger partial charge in [0.05, 0.1) is 4.90 Å². The highest BCUT2D eigenvalue weighted by Crippen LogP contribution is 2.25. The standard InChI is InChI=1S/C10H7ClO2S2/c11-8-3-5-9(6-4-8)15(12,13)10-2-1-7-14-10/h1-7H. The van der Waals surface area contributed by atoms with Gasteiger partial charge in [0, 0.05) is 5.02 Å². The molecule has 0 amide bonds. The Kier molecular flexibility index (Phi) is 2.82. The van der Waals surface area contributed by atoms with E-state index in [-0.39, 0.29) is 4.90 Å². The van der Waals surface area contributed by atoms with Crippen LogP contribution in [0.15, 0.2) is 50.9 Å².